The van der Waals surface area contributed by atoms with Gasteiger partial charge in [0.25, 0.3) is 6.02 Å². The van der Waals surface area contributed by atoms with Crippen LogP contribution in [0.25, 0.3) is 0 Å². The highest BCUT2D eigenvalue weighted by Crippen LogP contribution is 2.61. The molecule has 7 heteroatoms. The van der Waals surface area contributed by atoms with Crippen molar-refractivity contribution in [3.05, 3.63) is 0 Å². The molecule has 0 aromatic rings. The van der Waals surface area contributed by atoms with E-state index >= 15 is 0 Å². The minimum Gasteiger partial charge on any atom is -0.481 e. The van der Waals surface area contributed by atoms with Crippen LogP contribution in [0, 0.1) is 5.41 Å². The number of halogens is 2. The SMILES string of the molecule is C[C@]1(C2(C(=O)O)CC2)N=C(N)OCC1(F)F. The van der Waals surface area contributed by atoms with Crippen LogP contribution >= 0.6 is 0 Å². The van der Waals surface area contributed by atoms with Crippen LogP contribution in [-0.2, 0) is 9.53 Å². The lowest BCUT2D eigenvalue weighted by Gasteiger charge is -2.41. The molecule has 2 aliphatic rings. The second-order valence-electron chi connectivity index (χ2n) is 4.40. The summed E-state index contributed by atoms with van der Waals surface area (Å²) in [5.41, 5.74) is 1.73. The maximum atomic E-state index is 13.8. The Morgan fingerprint density at radius 1 is 1.56 bits per heavy atom. The number of aliphatic imine (C=N–C) groups is 1. The molecule has 3 N–H and O–H groups in total. The van der Waals surface area contributed by atoms with Crippen molar-refractivity contribution in [2.75, 3.05) is 6.61 Å². The van der Waals surface area contributed by atoms with Gasteiger partial charge in [-0.2, -0.15) is 0 Å². The van der Waals surface area contributed by atoms with Crippen LogP contribution in [0.15, 0.2) is 4.99 Å². The van der Waals surface area contributed by atoms with Gasteiger partial charge in [-0.05, 0) is 19.8 Å². The monoisotopic (exact) mass is 234 g/mol. The number of amidine groups is 1. The number of nitrogens with zero attached hydrogens (tertiary/aromatic N) is 1. The van der Waals surface area contributed by atoms with Gasteiger partial charge in [0.15, 0.2) is 6.61 Å². The predicted molar refractivity (Wildman–Crippen MR) is 50.2 cm³/mol. The minimum absolute atomic E-state index is 0.186. The summed E-state index contributed by atoms with van der Waals surface area (Å²) >= 11 is 0. The van der Waals surface area contributed by atoms with Crippen LogP contribution in [0.5, 0.6) is 0 Å². The van der Waals surface area contributed by atoms with Gasteiger partial charge >= 0.3 is 11.9 Å². The maximum absolute atomic E-state index is 13.8. The van der Waals surface area contributed by atoms with E-state index in [2.05, 4.69) is 9.73 Å². The van der Waals surface area contributed by atoms with E-state index in [1.165, 1.54) is 0 Å². The first kappa shape index (κ1) is 11.1. The number of carboxylic acid groups (broad SMARTS) is 1. The average molecular weight is 234 g/mol. The van der Waals surface area contributed by atoms with E-state index in [1.54, 1.807) is 0 Å². The van der Waals surface area contributed by atoms with Gasteiger partial charge in [0.05, 0.1) is 5.41 Å². The average Bonchev–Trinajstić information content (AvgIpc) is 2.93. The van der Waals surface area contributed by atoms with Crippen LogP contribution in [0.3, 0.4) is 0 Å². The molecular weight excluding hydrogens is 222 g/mol. The van der Waals surface area contributed by atoms with Crippen molar-refractivity contribution in [3.8, 4) is 0 Å². The molecule has 0 aromatic heterocycles. The van der Waals surface area contributed by atoms with Gasteiger partial charge in [-0.3, -0.25) is 4.79 Å². The van der Waals surface area contributed by atoms with E-state index in [4.69, 9.17) is 10.8 Å². The van der Waals surface area contributed by atoms with Crippen molar-refractivity contribution < 1.29 is 23.4 Å². The fourth-order valence-electron chi connectivity index (χ4n) is 2.13. The molecular formula is C9H12F2N2O3. The smallest absolute Gasteiger partial charge is 0.312 e. The number of carboxylic acids is 1. The summed E-state index contributed by atoms with van der Waals surface area (Å²) < 4.78 is 32.0. The quantitative estimate of drug-likeness (QED) is 0.732. The van der Waals surface area contributed by atoms with E-state index in [-0.39, 0.29) is 18.9 Å². The van der Waals surface area contributed by atoms with Crippen LogP contribution in [0.4, 0.5) is 8.78 Å². The molecule has 1 heterocycles. The van der Waals surface area contributed by atoms with Crippen molar-refractivity contribution in [3.63, 3.8) is 0 Å². The Bertz CT molecular complexity index is 379. The molecule has 90 valence electrons. The minimum atomic E-state index is -3.33. The summed E-state index contributed by atoms with van der Waals surface area (Å²) in [6.07, 6.45) is 0.371. The molecule has 0 spiro atoms. The fourth-order valence-corrected chi connectivity index (χ4v) is 2.13. The van der Waals surface area contributed by atoms with Crippen LogP contribution in [0.1, 0.15) is 19.8 Å². The molecule has 0 radical (unpaired) electrons. The normalized spacial score (nSPS) is 34.8. The van der Waals surface area contributed by atoms with Gasteiger partial charge in [0.1, 0.15) is 5.54 Å². The predicted octanol–water partition coefficient (Wildman–Crippen LogP) is 0.590. The molecule has 1 aliphatic carbocycles. The maximum Gasteiger partial charge on any atom is 0.312 e. The number of ether oxygens (including phenoxy) is 1. The molecule has 1 atom stereocenters. The molecule has 1 fully saturated rings. The number of rotatable bonds is 2. The molecule has 0 aromatic carbocycles. The van der Waals surface area contributed by atoms with Gasteiger partial charge < -0.3 is 15.6 Å². The molecule has 0 bridgehead atoms. The van der Waals surface area contributed by atoms with E-state index in [9.17, 15) is 13.6 Å². The number of alkyl halides is 2. The highest BCUT2D eigenvalue weighted by Gasteiger charge is 2.73. The lowest BCUT2D eigenvalue weighted by Crippen LogP contribution is -2.60. The molecule has 0 amide bonds. The highest BCUT2D eigenvalue weighted by molar-refractivity contribution is 5.82. The van der Waals surface area contributed by atoms with Crippen molar-refractivity contribution in [2.24, 2.45) is 16.1 Å². The van der Waals surface area contributed by atoms with Crippen molar-refractivity contribution in [2.45, 2.75) is 31.2 Å². The van der Waals surface area contributed by atoms with Gasteiger partial charge in [-0.15, -0.1) is 0 Å². The van der Waals surface area contributed by atoms with Crippen LogP contribution in [0.2, 0.25) is 0 Å². The number of hydrogen-bond acceptors (Lipinski definition) is 4. The summed E-state index contributed by atoms with van der Waals surface area (Å²) in [6, 6.07) is -0.374. The van der Waals surface area contributed by atoms with Crippen molar-refractivity contribution >= 4 is 12.0 Å². The second kappa shape index (κ2) is 2.83. The molecule has 0 unspecified atom stereocenters. The molecule has 1 saturated carbocycles. The number of hydrogen-bond donors (Lipinski definition) is 2. The van der Waals surface area contributed by atoms with E-state index < -0.39 is 29.5 Å². The van der Waals surface area contributed by atoms with Gasteiger partial charge in [0.2, 0.25) is 0 Å². The Labute approximate surface area is 90.3 Å². The van der Waals surface area contributed by atoms with Crippen molar-refractivity contribution in [1.82, 2.24) is 0 Å². The first-order chi connectivity index (χ1) is 7.25. The molecule has 1 aliphatic heterocycles. The van der Waals surface area contributed by atoms with Crippen LogP contribution < -0.4 is 5.73 Å². The zero-order valence-corrected chi connectivity index (χ0v) is 8.67. The molecule has 0 saturated heterocycles. The summed E-state index contributed by atoms with van der Waals surface area (Å²) in [7, 11) is 0. The standard InChI is InChI=1S/C9H12F2N2O3/c1-7(8(2-3-8)5(14)15)9(10,11)4-16-6(12)13-7/h2-4H2,1H3,(H2,12,13)(H,14,15)/t7-/m1/s1. The number of carbonyl (C=O) groups is 1. The lowest BCUT2D eigenvalue weighted by molar-refractivity contribution is -0.167. The van der Waals surface area contributed by atoms with E-state index in [0.29, 0.717) is 0 Å². The third-order valence-electron chi connectivity index (χ3n) is 3.54. The van der Waals surface area contributed by atoms with Gasteiger partial charge in [0, 0.05) is 0 Å². The van der Waals surface area contributed by atoms with E-state index in [1.807, 2.05) is 0 Å². The Morgan fingerprint density at radius 3 is 2.56 bits per heavy atom. The molecule has 5 nitrogen and oxygen atoms in total. The number of aliphatic carboxylic acids is 1. The Kier molecular flexibility index (Phi) is 1.97. The van der Waals surface area contributed by atoms with Gasteiger partial charge in [-0.1, -0.05) is 0 Å². The zero-order valence-electron chi connectivity index (χ0n) is 8.67. The molecule has 2 rings (SSSR count). The third kappa shape index (κ3) is 1.14. The largest absolute Gasteiger partial charge is 0.481 e. The number of nitrogens with two attached hydrogens (primary N) is 1. The lowest BCUT2D eigenvalue weighted by atomic mass is 9.77. The first-order valence-electron chi connectivity index (χ1n) is 4.85. The zero-order chi connectivity index (χ0) is 12.2. The third-order valence-corrected chi connectivity index (χ3v) is 3.54. The van der Waals surface area contributed by atoms with Gasteiger partial charge in [-0.25, -0.2) is 13.8 Å². The van der Waals surface area contributed by atoms with Crippen LogP contribution in [-0.4, -0.2) is 35.2 Å². The Balaban J connectivity index is 2.49. The molecule has 16 heavy (non-hydrogen) atoms. The fraction of sp³-hybridized carbons (Fsp3) is 0.778. The Morgan fingerprint density at radius 2 is 2.12 bits per heavy atom. The summed E-state index contributed by atoms with van der Waals surface area (Å²) in [6.45, 7) is 0.206. The van der Waals surface area contributed by atoms with Crippen molar-refractivity contribution in [1.29, 1.82) is 0 Å². The topological polar surface area (TPSA) is 84.9 Å². The summed E-state index contributed by atoms with van der Waals surface area (Å²) in [5, 5.41) is 9.06. The summed E-state index contributed by atoms with van der Waals surface area (Å²) in [4.78, 5) is 14.7. The summed E-state index contributed by atoms with van der Waals surface area (Å²) in [5.74, 6) is -4.58. The second-order valence-corrected chi connectivity index (χ2v) is 4.40. The van der Waals surface area contributed by atoms with E-state index in [0.717, 1.165) is 6.92 Å². The highest BCUT2D eigenvalue weighted by atomic mass is 19.3. The first-order valence-corrected chi connectivity index (χ1v) is 4.85. The Hall–Kier alpha value is -1.40.